The van der Waals surface area contributed by atoms with Crippen LogP contribution in [0.2, 0.25) is 0 Å². The van der Waals surface area contributed by atoms with Crippen LogP contribution in [0, 0.1) is 11.3 Å². The highest BCUT2D eigenvalue weighted by Crippen LogP contribution is 2.39. The van der Waals surface area contributed by atoms with Crippen LogP contribution >= 0.6 is 0 Å². The van der Waals surface area contributed by atoms with Gasteiger partial charge in [-0.05, 0) is 37.5 Å². The number of nitrogens with one attached hydrogen (secondary N) is 1. The van der Waals surface area contributed by atoms with Crippen molar-refractivity contribution < 1.29 is 9.90 Å². The quantitative estimate of drug-likeness (QED) is 0.689. The summed E-state index contributed by atoms with van der Waals surface area (Å²) >= 11 is 0. The maximum Gasteiger partial charge on any atom is 0.224 e. The fraction of sp³-hybridized carbons (Fsp3) is 0.933. The number of rotatable bonds is 6. The minimum Gasteiger partial charge on any atom is -0.388 e. The molecule has 4 heteroatoms. The normalized spacial score (nSPS) is 22.8. The van der Waals surface area contributed by atoms with Gasteiger partial charge in [0.1, 0.15) is 0 Å². The topological polar surface area (TPSA) is 75.4 Å². The monoisotopic (exact) mass is 270 g/mol. The SMILES string of the molecule is CCCC(CN)C(=O)NCC1(O)CCC(C)(C)CC1. The highest BCUT2D eigenvalue weighted by molar-refractivity contribution is 5.78. The average Bonchev–Trinajstić information content (AvgIpc) is 2.37. The van der Waals surface area contributed by atoms with Crippen LogP contribution in [-0.4, -0.2) is 29.7 Å². The van der Waals surface area contributed by atoms with E-state index in [2.05, 4.69) is 19.2 Å². The third kappa shape index (κ3) is 5.11. The average molecular weight is 270 g/mol. The van der Waals surface area contributed by atoms with E-state index < -0.39 is 5.60 Å². The van der Waals surface area contributed by atoms with Gasteiger partial charge in [0.15, 0.2) is 0 Å². The zero-order valence-corrected chi connectivity index (χ0v) is 12.7. The minimum absolute atomic E-state index is 0.0115. The van der Waals surface area contributed by atoms with E-state index in [9.17, 15) is 9.90 Å². The lowest BCUT2D eigenvalue weighted by molar-refractivity contribution is -0.126. The second-order valence-corrected chi connectivity index (χ2v) is 6.83. The third-order valence-electron chi connectivity index (χ3n) is 4.42. The van der Waals surface area contributed by atoms with Gasteiger partial charge >= 0.3 is 0 Å². The van der Waals surface area contributed by atoms with Crippen molar-refractivity contribution >= 4 is 5.91 Å². The molecule has 1 aliphatic rings. The third-order valence-corrected chi connectivity index (χ3v) is 4.42. The second kappa shape index (κ2) is 6.71. The van der Waals surface area contributed by atoms with Gasteiger partial charge in [-0.3, -0.25) is 4.79 Å². The molecule has 1 unspecified atom stereocenters. The molecular formula is C15H30N2O2. The van der Waals surface area contributed by atoms with Gasteiger partial charge in [-0.2, -0.15) is 0 Å². The molecule has 19 heavy (non-hydrogen) atoms. The molecule has 112 valence electrons. The molecule has 0 aliphatic heterocycles. The van der Waals surface area contributed by atoms with Crippen molar-refractivity contribution in [3.05, 3.63) is 0 Å². The summed E-state index contributed by atoms with van der Waals surface area (Å²) in [6, 6.07) is 0. The van der Waals surface area contributed by atoms with Crippen LogP contribution in [0.15, 0.2) is 0 Å². The van der Waals surface area contributed by atoms with Gasteiger partial charge in [0.2, 0.25) is 5.91 Å². The summed E-state index contributed by atoms with van der Waals surface area (Å²) in [7, 11) is 0. The number of carbonyl (C=O) groups is 1. The lowest BCUT2D eigenvalue weighted by Gasteiger charge is -2.40. The molecule has 1 atom stereocenters. The molecule has 0 heterocycles. The van der Waals surface area contributed by atoms with Crippen molar-refractivity contribution in [2.45, 2.75) is 64.9 Å². The second-order valence-electron chi connectivity index (χ2n) is 6.83. The number of carbonyl (C=O) groups excluding carboxylic acids is 1. The van der Waals surface area contributed by atoms with Crippen molar-refractivity contribution in [1.29, 1.82) is 0 Å². The summed E-state index contributed by atoms with van der Waals surface area (Å²) in [6.07, 6.45) is 5.31. The number of nitrogens with two attached hydrogens (primary N) is 1. The van der Waals surface area contributed by atoms with E-state index >= 15 is 0 Å². The van der Waals surface area contributed by atoms with E-state index in [1.165, 1.54) is 0 Å². The zero-order valence-electron chi connectivity index (χ0n) is 12.7. The molecule has 1 aliphatic carbocycles. The van der Waals surface area contributed by atoms with E-state index in [1.807, 2.05) is 6.92 Å². The highest BCUT2D eigenvalue weighted by Gasteiger charge is 2.37. The van der Waals surface area contributed by atoms with Gasteiger partial charge in [0.25, 0.3) is 0 Å². The van der Waals surface area contributed by atoms with Crippen LogP contribution in [0.25, 0.3) is 0 Å². The van der Waals surface area contributed by atoms with Gasteiger partial charge < -0.3 is 16.2 Å². The Morgan fingerprint density at radius 3 is 2.37 bits per heavy atom. The predicted molar refractivity (Wildman–Crippen MR) is 77.7 cm³/mol. The van der Waals surface area contributed by atoms with Gasteiger partial charge in [0.05, 0.1) is 11.5 Å². The molecule has 4 nitrogen and oxygen atoms in total. The fourth-order valence-corrected chi connectivity index (χ4v) is 2.67. The first-order valence-corrected chi connectivity index (χ1v) is 7.52. The van der Waals surface area contributed by atoms with Crippen molar-refractivity contribution in [2.75, 3.05) is 13.1 Å². The van der Waals surface area contributed by atoms with E-state index in [-0.39, 0.29) is 11.8 Å². The van der Waals surface area contributed by atoms with Crippen LogP contribution in [-0.2, 0) is 4.79 Å². The molecular weight excluding hydrogens is 240 g/mol. The maximum atomic E-state index is 12.0. The fourth-order valence-electron chi connectivity index (χ4n) is 2.67. The van der Waals surface area contributed by atoms with Crippen molar-refractivity contribution in [3.63, 3.8) is 0 Å². The van der Waals surface area contributed by atoms with Crippen LogP contribution in [0.4, 0.5) is 0 Å². The summed E-state index contributed by atoms with van der Waals surface area (Å²) < 4.78 is 0. The summed E-state index contributed by atoms with van der Waals surface area (Å²) in [5.41, 5.74) is 5.21. The largest absolute Gasteiger partial charge is 0.388 e. The molecule has 0 aromatic rings. The molecule has 0 bridgehead atoms. The van der Waals surface area contributed by atoms with E-state index in [0.29, 0.717) is 18.5 Å². The van der Waals surface area contributed by atoms with Crippen molar-refractivity contribution in [2.24, 2.45) is 17.1 Å². The van der Waals surface area contributed by atoms with Crippen LogP contribution in [0.3, 0.4) is 0 Å². The first-order valence-electron chi connectivity index (χ1n) is 7.52. The summed E-state index contributed by atoms with van der Waals surface area (Å²) in [5.74, 6) is -0.128. The zero-order chi connectivity index (χ0) is 14.5. The maximum absolute atomic E-state index is 12.0. The Morgan fingerprint density at radius 2 is 1.89 bits per heavy atom. The van der Waals surface area contributed by atoms with E-state index in [4.69, 9.17) is 5.73 Å². The molecule has 0 saturated heterocycles. The molecule has 1 rings (SSSR count). The first-order chi connectivity index (χ1) is 8.82. The smallest absolute Gasteiger partial charge is 0.224 e. The molecule has 0 aromatic carbocycles. The van der Waals surface area contributed by atoms with Crippen LogP contribution in [0.1, 0.15) is 59.3 Å². The first kappa shape index (κ1) is 16.4. The standard InChI is InChI=1S/C15H30N2O2/c1-4-5-12(10-16)13(18)17-11-15(19)8-6-14(2,3)7-9-15/h12,19H,4-11,16H2,1-3H3,(H,17,18). The van der Waals surface area contributed by atoms with Crippen LogP contribution in [0.5, 0.6) is 0 Å². The van der Waals surface area contributed by atoms with Crippen LogP contribution < -0.4 is 11.1 Å². The van der Waals surface area contributed by atoms with Gasteiger partial charge in [-0.25, -0.2) is 0 Å². The lowest BCUT2D eigenvalue weighted by atomic mass is 9.71. The Bertz CT molecular complexity index is 293. The molecule has 0 radical (unpaired) electrons. The Kier molecular flexibility index (Phi) is 5.81. The Hall–Kier alpha value is -0.610. The molecule has 1 saturated carbocycles. The minimum atomic E-state index is -0.726. The highest BCUT2D eigenvalue weighted by atomic mass is 16.3. The lowest BCUT2D eigenvalue weighted by Crippen LogP contribution is -2.48. The Morgan fingerprint density at radius 1 is 1.32 bits per heavy atom. The summed E-state index contributed by atoms with van der Waals surface area (Å²) in [5, 5.41) is 13.4. The van der Waals surface area contributed by atoms with Gasteiger partial charge in [-0.1, -0.05) is 27.2 Å². The van der Waals surface area contributed by atoms with E-state index in [1.54, 1.807) is 0 Å². The summed E-state index contributed by atoms with van der Waals surface area (Å²) in [6.45, 7) is 7.26. The number of hydrogen-bond donors (Lipinski definition) is 3. The molecule has 1 amide bonds. The van der Waals surface area contributed by atoms with Gasteiger partial charge in [0, 0.05) is 13.1 Å². The predicted octanol–water partition coefficient (Wildman–Crippen LogP) is 1.81. The van der Waals surface area contributed by atoms with Gasteiger partial charge in [-0.15, -0.1) is 0 Å². The summed E-state index contributed by atoms with van der Waals surface area (Å²) in [4.78, 5) is 12.0. The number of aliphatic hydroxyl groups is 1. The molecule has 1 fully saturated rings. The van der Waals surface area contributed by atoms with Crippen molar-refractivity contribution in [1.82, 2.24) is 5.32 Å². The molecule has 4 N–H and O–H groups in total. The molecule has 0 aromatic heterocycles. The Balaban J connectivity index is 2.41. The Labute approximate surface area is 117 Å². The molecule has 0 spiro atoms. The van der Waals surface area contributed by atoms with Crippen molar-refractivity contribution in [3.8, 4) is 0 Å². The number of hydrogen-bond acceptors (Lipinski definition) is 3. The van der Waals surface area contributed by atoms with E-state index in [0.717, 1.165) is 38.5 Å². The number of amides is 1.